The molecule has 3 rings (SSSR count). The van der Waals surface area contributed by atoms with E-state index >= 15 is 0 Å². The summed E-state index contributed by atoms with van der Waals surface area (Å²) in [6.45, 7) is 0. The van der Waals surface area contributed by atoms with Gasteiger partial charge in [-0.15, -0.1) is 0 Å². The number of fused-ring (bicyclic) bond motifs is 1. The van der Waals surface area contributed by atoms with Gasteiger partial charge in [-0.2, -0.15) is 0 Å². The Kier molecular flexibility index (Phi) is 3.48. The zero-order chi connectivity index (χ0) is 13.2. The summed E-state index contributed by atoms with van der Waals surface area (Å²) < 4.78 is 0. The monoisotopic (exact) mass is 272 g/mol. The second-order valence-electron chi connectivity index (χ2n) is 5.19. The molecule has 0 heterocycles. The first-order valence-corrected chi connectivity index (χ1v) is 7.19. The van der Waals surface area contributed by atoms with Gasteiger partial charge in [0.25, 0.3) is 0 Å². The Hall–Kier alpha value is -1.47. The van der Waals surface area contributed by atoms with Crippen molar-refractivity contribution in [3.05, 3.63) is 52.6 Å². The standard InChI is InChI=1S/C17H17ClO/c18-16-8-4-2-6-13(16)11-14-10-9-12-5-1-3-7-15(12)17(14)19/h1,3,5,7,9-10,19H,2,4,6,8,11H2. The molecule has 0 unspecified atom stereocenters. The highest BCUT2D eigenvalue weighted by molar-refractivity contribution is 6.30. The molecule has 0 atom stereocenters. The molecule has 0 spiro atoms. The zero-order valence-corrected chi connectivity index (χ0v) is 11.6. The van der Waals surface area contributed by atoms with Crippen LogP contribution in [0.15, 0.2) is 47.0 Å². The first kappa shape index (κ1) is 12.6. The van der Waals surface area contributed by atoms with Crippen molar-refractivity contribution in [2.45, 2.75) is 32.1 Å². The van der Waals surface area contributed by atoms with Gasteiger partial charge in [-0.05, 0) is 43.1 Å². The quantitative estimate of drug-likeness (QED) is 0.801. The van der Waals surface area contributed by atoms with Crippen molar-refractivity contribution in [2.24, 2.45) is 0 Å². The number of phenolic OH excluding ortho intramolecular Hbond substituents is 1. The molecule has 2 heteroatoms. The average Bonchev–Trinajstić information content (AvgIpc) is 2.44. The van der Waals surface area contributed by atoms with Crippen molar-refractivity contribution in [3.63, 3.8) is 0 Å². The van der Waals surface area contributed by atoms with Gasteiger partial charge in [0.15, 0.2) is 0 Å². The fourth-order valence-corrected chi connectivity index (χ4v) is 3.08. The van der Waals surface area contributed by atoms with E-state index in [-0.39, 0.29) is 0 Å². The summed E-state index contributed by atoms with van der Waals surface area (Å²) in [6, 6.07) is 12.0. The molecule has 0 saturated heterocycles. The molecule has 1 nitrogen and oxygen atoms in total. The van der Waals surface area contributed by atoms with E-state index in [0.717, 1.165) is 40.6 Å². The first-order valence-electron chi connectivity index (χ1n) is 6.81. The molecule has 2 aromatic rings. The van der Waals surface area contributed by atoms with Gasteiger partial charge in [-0.25, -0.2) is 0 Å². The van der Waals surface area contributed by atoms with Crippen molar-refractivity contribution in [1.82, 2.24) is 0 Å². The fourth-order valence-electron chi connectivity index (χ4n) is 2.79. The van der Waals surface area contributed by atoms with Crippen LogP contribution in [0.5, 0.6) is 5.75 Å². The van der Waals surface area contributed by atoms with Crippen molar-refractivity contribution >= 4 is 22.4 Å². The second-order valence-corrected chi connectivity index (χ2v) is 5.64. The van der Waals surface area contributed by atoms with E-state index < -0.39 is 0 Å². The molecular weight excluding hydrogens is 256 g/mol. The Bertz CT molecular complexity index is 643. The molecule has 0 aromatic heterocycles. The van der Waals surface area contributed by atoms with Gasteiger partial charge in [0.1, 0.15) is 5.75 Å². The van der Waals surface area contributed by atoms with Gasteiger partial charge in [-0.1, -0.05) is 53.6 Å². The molecule has 0 bridgehead atoms. The predicted octanol–water partition coefficient (Wildman–Crippen LogP) is 5.15. The van der Waals surface area contributed by atoms with Crippen LogP contribution in [0.25, 0.3) is 10.8 Å². The van der Waals surface area contributed by atoms with Crippen LogP contribution < -0.4 is 0 Å². The van der Waals surface area contributed by atoms with Gasteiger partial charge in [0, 0.05) is 10.4 Å². The van der Waals surface area contributed by atoms with Gasteiger partial charge >= 0.3 is 0 Å². The molecule has 2 aromatic carbocycles. The van der Waals surface area contributed by atoms with Crippen LogP contribution in [0, 0.1) is 0 Å². The minimum absolute atomic E-state index is 0.403. The van der Waals surface area contributed by atoms with Crippen molar-refractivity contribution in [3.8, 4) is 5.75 Å². The third-order valence-electron chi connectivity index (χ3n) is 3.90. The Morgan fingerprint density at radius 3 is 2.63 bits per heavy atom. The highest BCUT2D eigenvalue weighted by Gasteiger charge is 2.14. The lowest BCUT2D eigenvalue weighted by Gasteiger charge is -2.17. The molecule has 19 heavy (non-hydrogen) atoms. The first-order chi connectivity index (χ1) is 9.25. The Morgan fingerprint density at radius 2 is 1.79 bits per heavy atom. The summed E-state index contributed by atoms with van der Waals surface area (Å²) in [5.74, 6) is 0.403. The molecule has 1 aliphatic carbocycles. The van der Waals surface area contributed by atoms with E-state index in [1.54, 1.807) is 0 Å². The minimum Gasteiger partial charge on any atom is -0.507 e. The van der Waals surface area contributed by atoms with Gasteiger partial charge in [-0.3, -0.25) is 0 Å². The predicted molar refractivity (Wildman–Crippen MR) is 80.7 cm³/mol. The Labute approximate surface area is 118 Å². The number of benzene rings is 2. The minimum atomic E-state index is 0.403. The number of hydrogen-bond acceptors (Lipinski definition) is 1. The number of hydrogen-bond donors (Lipinski definition) is 1. The van der Waals surface area contributed by atoms with Crippen LogP contribution in [0.3, 0.4) is 0 Å². The maximum Gasteiger partial charge on any atom is 0.126 e. The second kappa shape index (κ2) is 5.26. The number of halogens is 1. The molecule has 98 valence electrons. The van der Waals surface area contributed by atoms with E-state index in [2.05, 4.69) is 6.07 Å². The smallest absolute Gasteiger partial charge is 0.126 e. The normalized spacial score (nSPS) is 16.1. The highest BCUT2D eigenvalue weighted by atomic mass is 35.5. The van der Waals surface area contributed by atoms with Crippen LogP contribution in [0.4, 0.5) is 0 Å². The van der Waals surface area contributed by atoms with Crippen molar-refractivity contribution < 1.29 is 5.11 Å². The molecule has 0 amide bonds. The SMILES string of the molecule is Oc1c(CC2=C(Cl)CCCC2)ccc2ccccc12. The van der Waals surface area contributed by atoms with E-state index in [4.69, 9.17) is 11.6 Å². The van der Waals surface area contributed by atoms with E-state index in [1.807, 2.05) is 30.3 Å². The lowest BCUT2D eigenvalue weighted by atomic mass is 9.92. The molecular formula is C17H17ClO. The Balaban J connectivity index is 1.99. The summed E-state index contributed by atoms with van der Waals surface area (Å²) in [5.41, 5.74) is 2.27. The van der Waals surface area contributed by atoms with Crippen LogP contribution >= 0.6 is 11.6 Å². The van der Waals surface area contributed by atoms with Gasteiger partial charge in [0.2, 0.25) is 0 Å². The van der Waals surface area contributed by atoms with Crippen molar-refractivity contribution in [1.29, 1.82) is 0 Å². The average molecular weight is 273 g/mol. The Morgan fingerprint density at radius 1 is 1.00 bits per heavy atom. The largest absolute Gasteiger partial charge is 0.507 e. The van der Waals surface area contributed by atoms with Crippen molar-refractivity contribution in [2.75, 3.05) is 0 Å². The van der Waals surface area contributed by atoms with Gasteiger partial charge < -0.3 is 5.11 Å². The lowest BCUT2D eigenvalue weighted by Crippen LogP contribution is -2.00. The van der Waals surface area contributed by atoms with E-state index in [1.165, 1.54) is 18.4 Å². The molecule has 0 aliphatic heterocycles. The summed E-state index contributed by atoms with van der Waals surface area (Å²) >= 11 is 6.30. The number of allylic oxidation sites excluding steroid dienone is 2. The fraction of sp³-hybridized carbons (Fsp3) is 0.294. The van der Waals surface area contributed by atoms with Crippen LogP contribution in [0.1, 0.15) is 31.2 Å². The number of aromatic hydroxyl groups is 1. The molecule has 1 aliphatic rings. The topological polar surface area (TPSA) is 20.2 Å². The zero-order valence-electron chi connectivity index (χ0n) is 10.8. The summed E-state index contributed by atoms with van der Waals surface area (Å²) in [5, 5.41) is 13.4. The lowest BCUT2D eigenvalue weighted by molar-refractivity contribution is 0.475. The molecule has 0 fully saturated rings. The maximum absolute atomic E-state index is 10.4. The summed E-state index contributed by atoms with van der Waals surface area (Å²) in [6.07, 6.45) is 5.22. The summed E-state index contributed by atoms with van der Waals surface area (Å²) in [4.78, 5) is 0. The maximum atomic E-state index is 10.4. The number of phenols is 1. The van der Waals surface area contributed by atoms with Crippen LogP contribution in [-0.4, -0.2) is 5.11 Å². The van der Waals surface area contributed by atoms with E-state index in [0.29, 0.717) is 5.75 Å². The van der Waals surface area contributed by atoms with E-state index in [9.17, 15) is 5.11 Å². The summed E-state index contributed by atoms with van der Waals surface area (Å²) in [7, 11) is 0. The molecule has 1 N–H and O–H groups in total. The van der Waals surface area contributed by atoms with Crippen LogP contribution in [0.2, 0.25) is 0 Å². The molecule has 0 saturated carbocycles. The molecule has 0 radical (unpaired) electrons. The number of rotatable bonds is 2. The van der Waals surface area contributed by atoms with Crippen LogP contribution in [-0.2, 0) is 6.42 Å². The third-order valence-corrected chi connectivity index (χ3v) is 4.35. The third kappa shape index (κ3) is 2.48. The van der Waals surface area contributed by atoms with Gasteiger partial charge in [0.05, 0.1) is 0 Å². The highest BCUT2D eigenvalue weighted by Crippen LogP contribution is 2.34.